The lowest BCUT2D eigenvalue weighted by atomic mass is 9.93. The Labute approximate surface area is 127 Å². The molecule has 1 N–H and O–H groups in total. The molecule has 2 aromatic rings. The first kappa shape index (κ1) is 14.4. The van der Waals surface area contributed by atoms with E-state index < -0.39 is 5.97 Å². The van der Waals surface area contributed by atoms with E-state index in [4.69, 9.17) is 4.52 Å². The van der Waals surface area contributed by atoms with Gasteiger partial charge in [-0.25, -0.2) is 14.8 Å². The third kappa shape index (κ3) is 3.05. The highest BCUT2D eigenvalue weighted by Gasteiger charge is 2.25. The molecule has 0 bridgehead atoms. The molecule has 3 heterocycles. The number of aromatic nitrogens is 4. The summed E-state index contributed by atoms with van der Waals surface area (Å²) in [5, 5.41) is 13.1. The van der Waals surface area contributed by atoms with Crippen LogP contribution < -0.4 is 4.90 Å². The van der Waals surface area contributed by atoms with E-state index >= 15 is 0 Å². The summed E-state index contributed by atoms with van der Waals surface area (Å²) in [5.74, 6) is 1.29. The van der Waals surface area contributed by atoms with Crippen LogP contribution >= 0.6 is 0 Å². The van der Waals surface area contributed by atoms with Gasteiger partial charge in [0, 0.05) is 32.6 Å². The molecule has 0 aliphatic carbocycles. The van der Waals surface area contributed by atoms with Crippen LogP contribution in [0.3, 0.4) is 0 Å². The summed E-state index contributed by atoms with van der Waals surface area (Å²) in [6, 6.07) is 0. The SMILES string of the molecule is Cc1nc(CC2CCN(c3ncncc3C(=O)O)CC2)no1. The second-order valence-electron chi connectivity index (χ2n) is 5.43. The van der Waals surface area contributed by atoms with E-state index in [0.29, 0.717) is 17.6 Å². The molecule has 0 radical (unpaired) electrons. The summed E-state index contributed by atoms with van der Waals surface area (Å²) in [5.41, 5.74) is 0.148. The summed E-state index contributed by atoms with van der Waals surface area (Å²) >= 11 is 0. The van der Waals surface area contributed by atoms with Crippen molar-refractivity contribution < 1.29 is 14.4 Å². The monoisotopic (exact) mass is 303 g/mol. The first-order valence-electron chi connectivity index (χ1n) is 7.21. The highest BCUT2D eigenvalue weighted by Crippen LogP contribution is 2.25. The van der Waals surface area contributed by atoms with Gasteiger partial charge in [-0.15, -0.1) is 0 Å². The van der Waals surface area contributed by atoms with Gasteiger partial charge in [-0.2, -0.15) is 4.98 Å². The van der Waals surface area contributed by atoms with E-state index in [0.717, 1.165) is 38.2 Å². The molecule has 0 aromatic carbocycles. The lowest BCUT2D eigenvalue weighted by molar-refractivity contribution is 0.0696. The molecule has 1 aliphatic heterocycles. The van der Waals surface area contributed by atoms with Gasteiger partial charge in [0.15, 0.2) is 5.82 Å². The molecule has 1 fully saturated rings. The predicted molar refractivity (Wildman–Crippen MR) is 76.7 cm³/mol. The molecule has 22 heavy (non-hydrogen) atoms. The Morgan fingerprint density at radius 2 is 2.23 bits per heavy atom. The smallest absolute Gasteiger partial charge is 0.341 e. The Bertz CT molecular complexity index is 664. The maximum absolute atomic E-state index is 11.2. The number of hydrogen-bond acceptors (Lipinski definition) is 7. The molecule has 3 rings (SSSR count). The summed E-state index contributed by atoms with van der Waals surface area (Å²) in [7, 11) is 0. The molecule has 8 heteroatoms. The summed E-state index contributed by atoms with van der Waals surface area (Å²) in [6.07, 6.45) is 5.41. The maximum Gasteiger partial charge on any atom is 0.341 e. The van der Waals surface area contributed by atoms with Crippen molar-refractivity contribution in [2.45, 2.75) is 26.2 Å². The van der Waals surface area contributed by atoms with Crippen LogP contribution in [0, 0.1) is 12.8 Å². The van der Waals surface area contributed by atoms with Crippen LogP contribution in [-0.2, 0) is 6.42 Å². The van der Waals surface area contributed by atoms with Gasteiger partial charge in [-0.05, 0) is 18.8 Å². The number of aryl methyl sites for hydroxylation is 1. The third-order valence-corrected chi connectivity index (χ3v) is 3.88. The Morgan fingerprint density at radius 3 is 2.86 bits per heavy atom. The molecule has 0 spiro atoms. The Morgan fingerprint density at radius 1 is 1.45 bits per heavy atom. The highest BCUT2D eigenvalue weighted by molar-refractivity contribution is 5.92. The van der Waals surface area contributed by atoms with E-state index in [2.05, 4.69) is 20.1 Å². The molecular formula is C14H17N5O3. The molecule has 0 atom stereocenters. The van der Waals surface area contributed by atoms with Gasteiger partial charge in [0.25, 0.3) is 0 Å². The number of anilines is 1. The summed E-state index contributed by atoms with van der Waals surface area (Å²) < 4.78 is 4.98. The van der Waals surface area contributed by atoms with Gasteiger partial charge in [0.2, 0.25) is 5.89 Å². The average molecular weight is 303 g/mol. The number of piperidine rings is 1. The van der Waals surface area contributed by atoms with Crippen LogP contribution in [0.4, 0.5) is 5.82 Å². The molecular weight excluding hydrogens is 286 g/mol. The van der Waals surface area contributed by atoms with E-state index in [1.165, 1.54) is 12.5 Å². The van der Waals surface area contributed by atoms with Crippen molar-refractivity contribution in [3.8, 4) is 0 Å². The van der Waals surface area contributed by atoms with E-state index in [1.54, 1.807) is 6.92 Å². The number of carboxylic acid groups (broad SMARTS) is 1. The molecule has 1 aliphatic rings. The molecule has 116 valence electrons. The zero-order valence-electron chi connectivity index (χ0n) is 12.3. The molecule has 0 amide bonds. The van der Waals surface area contributed by atoms with Crippen LogP contribution in [0.5, 0.6) is 0 Å². The second-order valence-corrected chi connectivity index (χ2v) is 5.43. The lowest BCUT2D eigenvalue weighted by Gasteiger charge is -2.32. The minimum absolute atomic E-state index is 0.148. The minimum Gasteiger partial charge on any atom is -0.477 e. The number of rotatable bonds is 4. The van der Waals surface area contributed by atoms with Gasteiger partial charge in [-0.3, -0.25) is 0 Å². The summed E-state index contributed by atoms with van der Waals surface area (Å²) in [6.45, 7) is 3.30. The van der Waals surface area contributed by atoms with Crippen LogP contribution in [0.2, 0.25) is 0 Å². The van der Waals surface area contributed by atoms with Gasteiger partial charge in [-0.1, -0.05) is 5.16 Å². The van der Waals surface area contributed by atoms with Crippen LogP contribution in [0.1, 0.15) is 34.9 Å². The fraction of sp³-hybridized carbons (Fsp3) is 0.500. The Kier molecular flexibility index (Phi) is 3.99. The molecule has 0 unspecified atom stereocenters. The summed E-state index contributed by atoms with van der Waals surface area (Å²) in [4.78, 5) is 25.4. The number of hydrogen-bond donors (Lipinski definition) is 1. The largest absolute Gasteiger partial charge is 0.477 e. The minimum atomic E-state index is -1.00. The van der Waals surface area contributed by atoms with E-state index in [9.17, 15) is 9.90 Å². The molecule has 2 aromatic heterocycles. The zero-order chi connectivity index (χ0) is 15.5. The van der Waals surface area contributed by atoms with Crippen LogP contribution in [0.15, 0.2) is 17.0 Å². The van der Waals surface area contributed by atoms with Crippen molar-refractivity contribution in [1.29, 1.82) is 0 Å². The number of carboxylic acids is 1. The van der Waals surface area contributed by atoms with Gasteiger partial charge in [0.05, 0.1) is 0 Å². The van der Waals surface area contributed by atoms with Gasteiger partial charge >= 0.3 is 5.97 Å². The average Bonchev–Trinajstić information content (AvgIpc) is 2.93. The quantitative estimate of drug-likeness (QED) is 0.901. The number of aromatic carboxylic acids is 1. The topological polar surface area (TPSA) is 105 Å². The first-order valence-corrected chi connectivity index (χ1v) is 7.21. The third-order valence-electron chi connectivity index (χ3n) is 3.88. The van der Waals surface area contributed by atoms with E-state index in [-0.39, 0.29) is 5.56 Å². The maximum atomic E-state index is 11.2. The fourth-order valence-electron chi connectivity index (χ4n) is 2.76. The molecule has 0 saturated carbocycles. The molecule has 1 saturated heterocycles. The van der Waals surface area contributed by atoms with Crippen molar-refractivity contribution in [1.82, 2.24) is 20.1 Å². The second kappa shape index (κ2) is 6.08. The van der Waals surface area contributed by atoms with Gasteiger partial charge in [0.1, 0.15) is 17.7 Å². The van der Waals surface area contributed by atoms with Gasteiger partial charge < -0.3 is 14.5 Å². The normalized spacial score (nSPS) is 16.0. The number of carbonyl (C=O) groups is 1. The highest BCUT2D eigenvalue weighted by atomic mass is 16.5. The van der Waals surface area contributed by atoms with Crippen molar-refractivity contribution in [3.05, 3.63) is 29.8 Å². The van der Waals surface area contributed by atoms with Crippen molar-refractivity contribution in [2.24, 2.45) is 5.92 Å². The van der Waals surface area contributed by atoms with Crippen molar-refractivity contribution in [2.75, 3.05) is 18.0 Å². The Balaban J connectivity index is 1.63. The predicted octanol–water partition coefficient (Wildman–Crippen LogP) is 1.33. The lowest BCUT2D eigenvalue weighted by Crippen LogP contribution is -2.36. The first-order chi connectivity index (χ1) is 10.6. The standard InChI is InChI=1S/C14H17N5O3/c1-9-17-12(18-22-9)6-10-2-4-19(5-3-10)13-11(14(20)21)7-15-8-16-13/h7-8,10H,2-6H2,1H3,(H,20,21). The zero-order valence-corrected chi connectivity index (χ0v) is 12.3. The Hall–Kier alpha value is -2.51. The molecule has 8 nitrogen and oxygen atoms in total. The van der Waals surface area contributed by atoms with Crippen LogP contribution in [-0.4, -0.2) is 44.3 Å². The van der Waals surface area contributed by atoms with Crippen molar-refractivity contribution in [3.63, 3.8) is 0 Å². The fourth-order valence-corrected chi connectivity index (χ4v) is 2.76. The van der Waals surface area contributed by atoms with E-state index in [1.807, 2.05) is 4.90 Å². The number of nitrogens with zero attached hydrogens (tertiary/aromatic N) is 5. The van der Waals surface area contributed by atoms with Crippen molar-refractivity contribution >= 4 is 11.8 Å². The van der Waals surface area contributed by atoms with Crippen LogP contribution in [0.25, 0.3) is 0 Å².